The Bertz CT molecular complexity index is 422. The van der Waals surface area contributed by atoms with Crippen molar-refractivity contribution in [3.05, 3.63) is 34.3 Å². The number of thiophene rings is 1. The highest BCUT2D eigenvalue weighted by molar-refractivity contribution is 7.09. The molecule has 0 aliphatic heterocycles. The van der Waals surface area contributed by atoms with Gasteiger partial charge in [-0.15, -0.1) is 23.7 Å². The van der Waals surface area contributed by atoms with Gasteiger partial charge >= 0.3 is 0 Å². The van der Waals surface area contributed by atoms with Gasteiger partial charge in [0.1, 0.15) is 0 Å². The van der Waals surface area contributed by atoms with E-state index in [0.717, 1.165) is 24.5 Å². The molecule has 2 aromatic rings. The lowest BCUT2D eigenvalue weighted by atomic mass is 10.4. The van der Waals surface area contributed by atoms with E-state index in [-0.39, 0.29) is 12.4 Å². The van der Waals surface area contributed by atoms with E-state index in [4.69, 9.17) is 0 Å². The number of hydrogen-bond donors (Lipinski definition) is 1. The van der Waals surface area contributed by atoms with Crippen LogP contribution in [0.2, 0.25) is 0 Å². The third-order valence-electron chi connectivity index (χ3n) is 2.30. The van der Waals surface area contributed by atoms with Crippen LogP contribution in [0.3, 0.4) is 0 Å². The van der Waals surface area contributed by atoms with Crippen molar-refractivity contribution < 1.29 is 0 Å². The lowest BCUT2D eigenvalue weighted by Gasteiger charge is -2.01. The maximum absolute atomic E-state index is 4.39. The Morgan fingerprint density at radius 3 is 2.88 bits per heavy atom. The molecule has 0 radical (unpaired) electrons. The summed E-state index contributed by atoms with van der Waals surface area (Å²) in [5, 5.41) is 9.88. The zero-order valence-electron chi connectivity index (χ0n) is 9.43. The molecule has 0 fully saturated rings. The smallest absolute Gasteiger partial charge is 0.0825 e. The Morgan fingerprint density at radius 2 is 2.31 bits per heavy atom. The average Bonchev–Trinajstić information content (AvgIpc) is 2.84. The van der Waals surface area contributed by atoms with Crippen LogP contribution in [0, 0.1) is 6.92 Å². The van der Waals surface area contributed by atoms with Crippen LogP contribution in [0.5, 0.6) is 0 Å². The van der Waals surface area contributed by atoms with Crippen molar-refractivity contribution in [1.82, 2.24) is 9.78 Å². The largest absolute Gasteiger partial charge is 0.377 e. The summed E-state index contributed by atoms with van der Waals surface area (Å²) < 4.78 is 1.95. The van der Waals surface area contributed by atoms with Gasteiger partial charge < -0.3 is 5.32 Å². The molecule has 0 saturated carbocycles. The van der Waals surface area contributed by atoms with E-state index in [0.29, 0.717) is 0 Å². The van der Waals surface area contributed by atoms with Crippen LogP contribution in [0.15, 0.2) is 23.7 Å². The monoisotopic (exact) mass is 257 g/mol. The van der Waals surface area contributed by atoms with Gasteiger partial charge in [0.2, 0.25) is 0 Å². The maximum atomic E-state index is 4.39. The first-order chi connectivity index (χ1) is 7.29. The minimum absolute atomic E-state index is 0. The van der Waals surface area contributed by atoms with Crippen molar-refractivity contribution in [3.63, 3.8) is 0 Å². The van der Waals surface area contributed by atoms with Crippen LogP contribution in [-0.2, 0) is 13.1 Å². The SMILES string of the molecule is CCn1cc(NCc2cccs2)c(C)n1.Cl. The third kappa shape index (κ3) is 3.00. The van der Waals surface area contributed by atoms with E-state index in [2.05, 4.69) is 41.0 Å². The summed E-state index contributed by atoms with van der Waals surface area (Å²) in [6.45, 7) is 5.92. The Hall–Kier alpha value is -1.00. The maximum Gasteiger partial charge on any atom is 0.0825 e. The highest BCUT2D eigenvalue weighted by atomic mass is 35.5. The highest BCUT2D eigenvalue weighted by Gasteiger charge is 2.03. The minimum Gasteiger partial charge on any atom is -0.377 e. The predicted molar refractivity (Wildman–Crippen MR) is 71.5 cm³/mol. The second-order valence-corrected chi connectivity index (χ2v) is 4.45. The van der Waals surface area contributed by atoms with Crippen molar-refractivity contribution in [2.24, 2.45) is 0 Å². The lowest BCUT2D eigenvalue weighted by Crippen LogP contribution is -1.97. The molecule has 2 rings (SSSR count). The summed E-state index contributed by atoms with van der Waals surface area (Å²) >= 11 is 1.77. The number of aryl methyl sites for hydroxylation is 2. The number of halogens is 1. The summed E-state index contributed by atoms with van der Waals surface area (Å²) in [6, 6.07) is 4.21. The van der Waals surface area contributed by atoms with Crippen LogP contribution in [0.4, 0.5) is 5.69 Å². The molecule has 2 heterocycles. The van der Waals surface area contributed by atoms with E-state index in [1.165, 1.54) is 4.88 Å². The molecule has 0 atom stereocenters. The number of rotatable bonds is 4. The molecule has 2 aromatic heterocycles. The van der Waals surface area contributed by atoms with Crippen LogP contribution in [0.1, 0.15) is 17.5 Å². The molecule has 0 saturated heterocycles. The van der Waals surface area contributed by atoms with Crippen LogP contribution < -0.4 is 5.32 Å². The normalized spacial score (nSPS) is 9.88. The van der Waals surface area contributed by atoms with Gasteiger partial charge in [-0.1, -0.05) is 6.07 Å². The van der Waals surface area contributed by atoms with Gasteiger partial charge in [0.15, 0.2) is 0 Å². The first-order valence-corrected chi connectivity index (χ1v) is 5.98. The molecule has 0 unspecified atom stereocenters. The lowest BCUT2D eigenvalue weighted by molar-refractivity contribution is 0.653. The molecule has 16 heavy (non-hydrogen) atoms. The van der Waals surface area contributed by atoms with E-state index in [1.54, 1.807) is 11.3 Å². The molecular formula is C11H16ClN3S. The van der Waals surface area contributed by atoms with Crippen molar-refractivity contribution in [2.75, 3.05) is 5.32 Å². The average molecular weight is 258 g/mol. The minimum atomic E-state index is 0. The second-order valence-electron chi connectivity index (χ2n) is 3.42. The van der Waals surface area contributed by atoms with Crippen LogP contribution in [0.25, 0.3) is 0 Å². The van der Waals surface area contributed by atoms with Gasteiger partial charge in [-0.05, 0) is 25.3 Å². The zero-order valence-corrected chi connectivity index (χ0v) is 11.1. The fraction of sp³-hybridized carbons (Fsp3) is 0.364. The van der Waals surface area contributed by atoms with Crippen molar-refractivity contribution in [3.8, 4) is 0 Å². The summed E-state index contributed by atoms with van der Waals surface area (Å²) in [5.74, 6) is 0. The molecule has 0 aliphatic carbocycles. The van der Waals surface area contributed by atoms with Gasteiger partial charge in [-0.2, -0.15) is 5.10 Å². The molecule has 0 amide bonds. The molecular weight excluding hydrogens is 242 g/mol. The van der Waals surface area contributed by atoms with Gasteiger partial charge in [-0.25, -0.2) is 0 Å². The molecule has 0 aromatic carbocycles. The quantitative estimate of drug-likeness (QED) is 0.911. The molecule has 0 bridgehead atoms. The Labute approximate surface area is 106 Å². The van der Waals surface area contributed by atoms with E-state index in [1.807, 2.05) is 11.6 Å². The van der Waals surface area contributed by atoms with E-state index < -0.39 is 0 Å². The van der Waals surface area contributed by atoms with Crippen LogP contribution >= 0.6 is 23.7 Å². The van der Waals surface area contributed by atoms with Gasteiger partial charge in [-0.3, -0.25) is 4.68 Å². The van der Waals surface area contributed by atoms with Gasteiger partial charge in [0, 0.05) is 24.2 Å². The standard InChI is InChI=1S/C11H15N3S.ClH/c1-3-14-8-11(9(2)13-14)12-7-10-5-4-6-15-10;/h4-6,8,12H,3,7H2,1-2H3;1H. The van der Waals surface area contributed by atoms with Crippen molar-refractivity contribution >= 4 is 29.4 Å². The summed E-state index contributed by atoms with van der Waals surface area (Å²) in [5.41, 5.74) is 2.19. The molecule has 3 nitrogen and oxygen atoms in total. The molecule has 0 spiro atoms. The first-order valence-electron chi connectivity index (χ1n) is 5.10. The van der Waals surface area contributed by atoms with Gasteiger partial charge in [0.05, 0.1) is 11.4 Å². The summed E-state index contributed by atoms with van der Waals surface area (Å²) in [7, 11) is 0. The fourth-order valence-corrected chi connectivity index (χ4v) is 2.09. The summed E-state index contributed by atoms with van der Waals surface area (Å²) in [4.78, 5) is 1.35. The third-order valence-corrected chi connectivity index (χ3v) is 3.18. The number of hydrogen-bond acceptors (Lipinski definition) is 3. The predicted octanol–water partition coefficient (Wildman–Crippen LogP) is 3.31. The summed E-state index contributed by atoms with van der Waals surface area (Å²) in [6.07, 6.45) is 2.06. The van der Waals surface area contributed by atoms with E-state index >= 15 is 0 Å². The molecule has 88 valence electrons. The number of anilines is 1. The molecule has 5 heteroatoms. The van der Waals surface area contributed by atoms with Crippen LogP contribution in [-0.4, -0.2) is 9.78 Å². The number of nitrogens with one attached hydrogen (secondary N) is 1. The second kappa shape index (κ2) is 5.92. The first kappa shape index (κ1) is 13.1. The van der Waals surface area contributed by atoms with Crippen molar-refractivity contribution in [2.45, 2.75) is 26.9 Å². The van der Waals surface area contributed by atoms with Crippen molar-refractivity contribution in [1.29, 1.82) is 0 Å². The Kier molecular flexibility index (Phi) is 4.83. The van der Waals surface area contributed by atoms with Gasteiger partial charge in [0.25, 0.3) is 0 Å². The van der Waals surface area contributed by atoms with E-state index in [9.17, 15) is 0 Å². The zero-order chi connectivity index (χ0) is 10.7. The molecule has 1 N–H and O–H groups in total. The number of aromatic nitrogens is 2. The highest BCUT2D eigenvalue weighted by Crippen LogP contribution is 2.15. The topological polar surface area (TPSA) is 29.9 Å². The molecule has 0 aliphatic rings. The number of nitrogens with zero attached hydrogens (tertiary/aromatic N) is 2. The fourth-order valence-electron chi connectivity index (χ4n) is 1.45. The Balaban J connectivity index is 0.00000128. The Morgan fingerprint density at radius 1 is 1.50 bits per heavy atom.